The average molecular weight is 298 g/mol. The number of aliphatic hydroxyl groups is 1. The Labute approximate surface area is 129 Å². The Hall–Kier alpha value is -0.570. The van der Waals surface area contributed by atoms with Crippen LogP contribution in [-0.4, -0.2) is 29.6 Å². The molecule has 0 radical (unpaired) electrons. The standard InChI is InChI=1S/C17H27NO.ClH/c1-13(2)15-8-7-14(3)16(11-15)17(19)12-18-9-5-4-6-10-18;/h7-8,11,13,17,19H,4-6,9-10,12H2,1-3H3;1H. The Balaban J connectivity index is 0.00000200. The lowest BCUT2D eigenvalue weighted by atomic mass is 9.95. The van der Waals surface area contributed by atoms with E-state index in [1.807, 2.05) is 0 Å². The lowest BCUT2D eigenvalue weighted by Crippen LogP contribution is -2.33. The van der Waals surface area contributed by atoms with Crippen LogP contribution in [0, 0.1) is 6.92 Å². The zero-order valence-corrected chi connectivity index (χ0v) is 13.7. The van der Waals surface area contributed by atoms with E-state index in [1.165, 1.54) is 30.4 Å². The minimum absolute atomic E-state index is 0. The monoisotopic (exact) mass is 297 g/mol. The van der Waals surface area contributed by atoms with Gasteiger partial charge < -0.3 is 10.0 Å². The summed E-state index contributed by atoms with van der Waals surface area (Å²) in [6, 6.07) is 6.51. The molecule has 0 aliphatic carbocycles. The van der Waals surface area contributed by atoms with Crippen LogP contribution < -0.4 is 0 Å². The van der Waals surface area contributed by atoms with Gasteiger partial charge in [0.25, 0.3) is 0 Å². The van der Waals surface area contributed by atoms with Crippen molar-refractivity contribution in [2.75, 3.05) is 19.6 Å². The van der Waals surface area contributed by atoms with Gasteiger partial charge in [0.2, 0.25) is 0 Å². The number of benzene rings is 1. The third kappa shape index (κ3) is 4.47. The highest BCUT2D eigenvalue weighted by Gasteiger charge is 2.17. The number of hydrogen-bond acceptors (Lipinski definition) is 2. The number of hydrogen-bond donors (Lipinski definition) is 1. The third-order valence-corrected chi connectivity index (χ3v) is 4.21. The van der Waals surface area contributed by atoms with Gasteiger partial charge in [-0.25, -0.2) is 0 Å². The highest BCUT2D eigenvalue weighted by Crippen LogP contribution is 2.25. The molecule has 1 N–H and O–H groups in total. The average Bonchev–Trinajstić information content (AvgIpc) is 2.40. The summed E-state index contributed by atoms with van der Waals surface area (Å²) in [5, 5.41) is 10.5. The van der Waals surface area contributed by atoms with E-state index in [4.69, 9.17) is 0 Å². The molecule has 1 aromatic carbocycles. The second kappa shape index (κ2) is 8.02. The summed E-state index contributed by atoms with van der Waals surface area (Å²) in [5.74, 6) is 0.515. The van der Waals surface area contributed by atoms with Crippen LogP contribution in [0.2, 0.25) is 0 Å². The molecule has 1 fully saturated rings. The molecular formula is C17H28ClNO. The predicted molar refractivity (Wildman–Crippen MR) is 87.8 cm³/mol. The van der Waals surface area contributed by atoms with Crippen molar-refractivity contribution in [2.45, 2.75) is 52.1 Å². The van der Waals surface area contributed by atoms with Crippen molar-refractivity contribution >= 4 is 12.4 Å². The van der Waals surface area contributed by atoms with Gasteiger partial charge in [-0.15, -0.1) is 12.4 Å². The first-order valence-electron chi connectivity index (χ1n) is 7.59. The van der Waals surface area contributed by atoms with Crippen LogP contribution in [0.1, 0.15) is 61.8 Å². The topological polar surface area (TPSA) is 23.5 Å². The van der Waals surface area contributed by atoms with E-state index in [2.05, 4.69) is 43.9 Å². The van der Waals surface area contributed by atoms with Crippen molar-refractivity contribution in [3.05, 3.63) is 34.9 Å². The summed E-state index contributed by atoms with van der Waals surface area (Å²) in [6.07, 6.45) is 3.54. The van der Waals surface area contributed by atoms with Gasteiger partial charge in [0, 0.05) is 6.54 Å². The van der Waals surface area contributed by atoms with Crippen molar-refractivity contribution in [2.24, 2.45) is 0 Å². The van der Waals surface area contributed by atoms with Gasteiger partial charge in [0.05, 0.1) is 6.10 Å². The van der Waals surface area contributed by atoms with Crippen molar-refractivity contribution in [1.82, 2.24) is 4.90 Å². The van der Waals surface area contributed by atoms with E-state index in [-0.39, 0.29) is 18.5 Å². The number of likely N-dealkylation sites (tertiary alicyclic amines) is 1. The quantitative estimate of drug-likeness (QED) is 0.906. The zero-order chi connectivity index (χ0) is 13.8. The molecule has 114 valence electrons. The fraction of sp³-hybridized carbons (Fsp3) is 0.647. The lowest BCUT2D eigenvalue weighted by Gasteiger charge is -2.29. The molecular weight excluding hydrogens is 270 g/mol. The van der Waals surface area contributed by atoms with Gasteiger partial charge in [-0.05, 0) is 55.5 Å². The van der Waals surface area contributed by atoms with Gasteiger partial charge in [0.1, 0.15) is 0 Å². The number of piperidine rings is 1. The first kappa shape index (κ1) is 17.5. The Morgan fingerprint density at radius 1 is 1.15 bits per heavy atom. The van der Waals surface area contributed by atoms with Crippen LogP contribution in [0.25, 0.3) is 0 Å². The highest BCUT2D eigenvalue weighted by molar-refractivity contribution is 5.85. The maximum Gasteiger partial charge on any atom is 0.0919 e. The lowest BCUT2D eigenvalue weighted by molar-refractivity contribution is 0.101. The molecule has 0 spiro atoms. The highest BCUT2D eigenvalue weighted by atomic mass is 35.5. The molecule has 3 heteroatoms. The van der Waals surface area contributed by atoms with Crippen LogP contribution in [0.4, 0.5) is 0 Å². The smallest absolute Gasteiger partial charge is 0.0919 e. The molecule has 1 aliphatic heterocycles. The minimum Gasteiger partial charge on any atom is -0.387 e. The second-order valence-corrected chi connectivity index (χ2v) is 6.15. The number of aliphatic hydroxyl groups excluding tert-OH is 1. The molecule has 1 unspecified atom stereocenters. The number of β-amino-alcohol motifs (C(OH)–C–C–N with tert-alkyl or cyclic N) is 1. The van der Waals surface area contributed by atoms with E-state index in [0.29, 0.717) is 5.92 Å². The van der Waals surface area contributed by atoms with E-state index in [9.17, 15) is 5.11 Å². The van der Waals surface area contributed by atoms with Crippen LogP contribution in [0.15, 0.2) is 18.2 Å². The minimum atomic E-state index is -0.350. The summed E-state index contributed by atoms with van der Waals surface area (Å²) in [4.78, 5) is 2.40. The van der Waals surface area contributed by atoms with E-state index in [0.717, 1.165) is 25.2 Å². The summed E-state index contributed by atoms with van der Waals surface area (Å²) in [6.45, 7) is 9.55. The van der Waals surface area contributed by atoms with E-state index >= 15 is 0 Å². The molecule has 1 aromatic rings. The molecule has 0 amide bonds. The Morgan fingerprint density at radius 2 is 1.80 bits per heavy atom. The van der Waals surface area contributed by atoms with Crippen molar-refractivity contribution in [1.29, 1.82) is 0 Å². The predicted octanol–water partition coefficient (Wildman–Crippen LogP) is 4.06. The fourth-order valence-corrected chi connectivity index (χ4v) is 2.86. The number of nitrogens with zero attached hydrogens (tertiary/aromatic N) is 1. The molecule has 1 saturated heterocycles. The normalized spacial score (nSPS) is 17.9. The summed E-state index contributed by atoms with van der Waals surface area (Å²) in [5.41, 5.74) is 3.63. The maximum atomic E-state index is 10.5. The summed E-state index contributed by atoms with van der Waals surface area (Å²) in [7, 11) is 0. The van der Waals surface area contributed by atoms with E-state index < -0.39 is 0 Å². The summed E-state index contributed by atoms with van der Waals surface area (Å²) >= 11 is 0. The van der Waals surface area contributed by atoms with Gasteiger partial charge in [-0.1, -0.05) is 38.5 Å². The Morgan fingerprint density at radius 3 is 2.40 bits per heavy atom. The molecule has 0 saturated carbocycles. The fourth-order valence-electron chi connectivity index (χ4n) is 2.86. The molecule has 2 rings (SSSR count). The van der Waals surface area contributed by atoms with E-state index in [1.54, 1.807) is 0 Å². The molecule has 0 aromatic heterocycles. The number of rotatable bonds is 4. The number of aryl methyl sites for hydroxylation is 1. The van der Waals surface area contributed by atoms with Crippen molar-refractivity contribution in [3.63, 3.8) is 0 Å². The van der Waals surface area contributed by atoms with Crippen LogP contribution >= 0.6 is 12.4 Å². The summed E-state index contributed by atoms with van der Waals surface area (Å²) < 4.78 is 0. The molecule has 2 nitrogen and oxygen atoms in total. The first-order chi connectivity index (χ1) is 9.08. The van der Waals surface area contributed by atoms with Gasteiger partial charge >= 0.3 is 0 Å². The molecule has 0 bridgehead atoms. The van der Waals surface area contributed by atoms with Crippen LogP contribution in [0.3, 0.4) is 0 Å². The SMILES string of the molecule is Cc1ccc(C(C)C)cc1C(O)CN1CCCCC1.Cl. The second-order valence-electron chi connectivity index (χ2n) is 6.15. The van der Waals surface area contributed by atoms with Gasteiger partial charge in [-0.2, -0.15) is 0 Å². The first-order valence-corrected chi connectivity index (χ1v) is 7.59. The molecule has 1 aliphatic rings. The third-order valence-electron chi connectivity index (χ3n) is 4.21. The van der Waals surface area contributed by atoms with Crippen LogP contribution in [-0.2, 0) is 0 Å². The van der Waals surface area contributed by atoms with Crippen LogP contribution in [0.5, 0.6) is 0 Å². The van der Waals surface area contributed by atoms with Crippen molar-refractivity contribution < 1.29 is 5.11 Å². The number of halogens is 1. The largest absolute Gasteiger partial charge is 0.387 e. The Bertz CT molecular complexity index is 413. The zero-order valence-electron chi connectivity index (χ0n) is 12.9. The Kier molecular flexibility index (Phi) is 7.01. The van der Waals surface area contributed by atoms with Gasteiger partial charge in [-0.3, -0.25) is 0 Å². The molecule has 1 atom stereocenters. The van der Waals surface area contributed by atoms with Gasteiger partial charge in [0.15, 0.2) is 0 Å². The molecule has 20 heavy (non-hydrogen) atoms. The van der Waals surface area contributed by atoms with Crippen molar-refractivity contribution in [3.8, 4) is 0 Å². The maximum absolute atomic E-state index is 10.5. The molecule has 1 heterocycles.